The molecule has 5 nitrogen and oxygen atoms in total. The number of carboxylic acids is 1. The maximum absolute atomic E-state index is 11.8. The monoisotopic (exact) mass is 368 g/mol. The van der Waals surface area contributed by atoms with Gasteiger partial charge in [-0.25, -0.2) is 9.59 Å². The smallest absolute Gasteiger partial charge is 0.331 e. The molecule has 2 aromatic rings. The summed E-state index contributed by atoms with van der Waals surface area (Å²) in [6.07, 6.45) is 0. The van der Waals surface area contributed by atoms with Crippen molar-refractivity contribution in [3.05, 3.63) is 56.7 Å². The van der Waals surface area contributed by atoms with Gasteiger partial charge in [-0.2, -0.15) is 0 Å². The van der Waals surface area contributed by atoms with Crippen LogP contribution in [-0.4, -0.2) is 17.1 Å². The molecule has 3 N–H and O–H groups in total. The van der Waals surface area contributed by atoms with Crippen LogP contribution in [0.3, 0.4) is 0 Å². The van der Waals surface area contributed by atoms with Crippen molar-refractivity contribution in [1.29, 1.82) is 0 Å². The predicted octanol–water partition coefficient (Wildman–Crippen LogP) is 3.14. The highest BCUT2D eigenvalue weighted by Crippen LogP contribution is 2.19. The molecule has 0 aliphatic heterocycles. The van der Waals surface area contributed by atoms with Crippen molar-refractivity contribution in [1.82, 2.24) is 10.6 Å². The molecule has 2 rings (SSSR count). The first-order valence-corrected chi connectivity index (χ1v) is 7.79. The van der Waals surface area contributed by atoms with Crippen LogP contribution in [0.1, 0.15) is 16.5 Å². The van der Waals surface area contributed by atoms with Gasteiger partial charge in [0.1, 0.15) is 0 Å². The van der Waals surface area contributed by atoms with Crippen molar-refractivity contribution in [2.45, 2.75) is 12.6 Å². The number of hydrogen-bond acceptors (Lipinski definition) is 3. The van der Waals surface area contributed by atoms with Crippen LogP contribution in [-0.2, 0) is 11.3 Å². The number of aliphatic carboxylic acids is 1. The molecule has 1 unspecified atom stereocenters. The van der Waals surface area contributed by atoms with Crippen LogP contribution in [0.4, 0.5) is 4.79 Å². The molecule has 21 heavy (non-hydrogen) atoms. The van der Waals surface area contributed by atoms with Crippen LogP contribution in [0, 0.1) is 0 Å². The molecule has 7 heteroatoms. The summed E-state index contributed by atoms with van der Waals surface area (Å²) in [4.78, 5) is 23.6. The summed E-state index contributed by atoms with van der Waals surface area (Å²) in [5.41, 5.74) is 0.913. The molecular weight excluding hydrogens is 356 g/mol. The molecule has 1 aromatic carbocycles. The number of benzene rings is 1. The van der Waals surface area contributed by atoms with Crippen molar-refractivity contribution in [3.63, 3.8) is 0 Å². The van der Waals surface area contributed by atoms with E-state index in [-0.39, 0.29) is 0 Å². The average Bonchev–Trinajstić information content (AvgIpc) is 2.97. The Kier molecular flexibility index (Phi) is 5.35. The number of thiophene rings is 1. The predicted molar refractivity (Wildman–Crippen MR) is 84.2 cm³/mol. The van der Waals surface area contributed by atoms with E-state index in [2.05, 4.69) is 26.6 Å². The van der Waals surface area contributed by atoms with Gasteiger partial charge in [-0.15, -0.1) is 11.3 Å². The normalized spacial score (nSPS) is 11.7. The molecule has 0 aliphatic rings. The van der Waals surface area contributed by atoms with Gasteiger partial charge in [-0.3, -0.25) is 0 Å². The van der Waals surface area contributed by atoms with Crippen LogP contribution in [0.15, 0.2) is 46.3 Å². The van der Waals surface area contributed by atoms with Gasteiger partial charge in [-0.1, -0.05) is 40.2 Å². The number of hydrogen-bond donors (Lipinski definition) is 3. The lowest BCUT2D eigenvalue weighted by atomic mass is 10.2. The summed E-state index contributed by atoms with van der Waals surface area (Å²) >= 11 is 4.68. The Balaban J connectivity index is 1.94. The van der Waals surface area contributed by atoms with Crippen molar-refractivity contribution in [2.24, 2.45) is 0 Å². The molecule has 1 atom stereocenters. The van der Waals surface area contributed by atoms with Gasteiger partial charge in [0.2, 0.25) is 0 Å². The number of urea groups is 1. The van der Waals surface area contributed by atoms with E-state index < -0.39 is 18.0 Å². The van der Waals surface area contributed by atoms with Crippen LogP contribution in [0.2, 0.25) is 0 Å². The topological polar surface area (TPSA) is 78.4 Å². The number of carbonyl (C=O) groups excluding carboxylic acids is 1. The second kappa shape index (κ2) is 7.24. The first-order chi connectivity index (χ1) is 10.1. The summed E-state index contributed by atoms with van der Waals surface area (Å²) in [6, 6.07) is 9.36. The van der Waals surface area contributed by atoms with Gasteiger partial charge in [0.05, 0.1) is 0 Å². The number of amides is 2. The van der Waals surface area contributed by atoms with Gasteiger partial charge >= 0.3 is 12.0 Å². The SMILES string of the molecule is O=C(NCc1ccccc1Br)NC(C(=O)O)c1cccs1. The van der Waals surface area contributed by atoms with Crippen molar-refractivity contribution in [2.75, 3.05) is 0 Å². The van der Waals surface area contributed by atoms with Gasteiger partial charge in [0.15, 0.2) is 6.04 Å². The molecule has 2 amide bonds. The van der Waals surface area contributed by atoms with E-state index in [0.717, 1.165) is 10.0 Å². The van der Waals surface area contributed by atoms with E-state index in [0.29, 0.717) is 11.4 Å². The zero-order chi connectivity index (χ0) is 15.2. The van der Waals surface area contributed by atoms with E-state index in [1.165, 1.54) is 11.3 Å². The van der Waals surface area contributed by atoms with Crippen LogP contribution < -0.4 is 10.6 Å². The molecule has 1 heterocycles. The Bertz CT molecular complexity index is 631. The fourth-order valence-electron chi connectivity index (χ4n) is 1.71. The minimum Gasteiger partial charge on any atom is -0.479 e. The van der Waals surface area contributed by atoms with Crippen molar-refractivity contribution >= 4 is 39.3 Å². The highest BCUT2D eigenvalue weighted by atomic mass is 79.9. The molecule has 0 bridgehead atoms. The van der Waals surface area contributed by atoms with E-state index in [4.69, 9.17) is 0 Å². The third-order valence-corrected chi connectivity index (χ3v) is 4.46. The Hall–Kier alpha value is -1.86. The fraction of sp³-hybridized carbons (Fsp3) is 0.143. The second-order valence-corrected chi connectivity index (χ2v) is 6.04. The number of halogens is 1. The maximum atomic E-state index is 11.8. The molecule has 0 spiro atoms. The second-order valence-electron chi connectivity index (χ2n) is 4.21. The average molecular weight is 369 g/mol. The molecule has 0 aliphatic carbocycles. The van der Waals surface area contributed by atoms with Gasteiger partial charge in [0.25, 0.3) is 0 Å². The van der Waals surface area contributed by atoms with Gasteiger partial charge in [-0.05, 0) is 23.1 Å². The van der Waals surface area contributed by atoms with Gasteiger partial charge < -0.3 is 15.7 Å². The lowest BCUT2D eigenvalue weighted by Gasteiger charge is -2.14. The third kappa shape index (κ3) is 4.30. The van der Waals surface area contributed by atoms with Crippen LogP contribution in [0.5, 0.6) is 0 Å². The molecule has 0 radical (unpaired) electrons. The first-order valence-electron chi connectivity index (χ1n) is 6.12. The number of rotatable bonds is 5. The number of carboxylic acid groups (broad SMARTS) is 1. The largest absolute Gasteiger partial charge is 0.479 e. The summed E-state index contributed by atoms with van der Waals surface area (Å²) in [5.74, 6) is -1.09. The van der Waals surface area contributed by atoms with Gasteiger partial charge in [0, 0.05) is 15.9 Å². The molecule has 0 saturated carbocycles. The summed E-state index contributed by atoms with van der Waals surface area (Å²) in [6.45, 7) is 0.310. The summed E-state index contributed by atoms with van der Waals surface area (Å²) in [5, 5.41) is 16.1. The lowest BCUT2D eigenvalue weighted by molar-refractivity contribution is -0.139. The van der Waals surface area contributed by atoms with Crippen molar-refractivity contribution in [3.8, 4) is 0 Å². The fourth-order valence-corrected chi connectivity index (χ4v) is 2.90. The quantitative estimate of drug-likeness (QED) is 0.758. The Labute approximate surface area is 134 Å². The van der Waals surface area contributed by atoms with E-state index in [1.54, 1.807) is 17.5 Å². The minimum absolute atomic E-state index is 0.310. The van der Waals surface area contributed by atoms with Crippen molar-refractivity contribution < 1.29 is 14.7 Å². The van der Waals surface area contributed by atoms with Crippen LogP contribution >= 0.6 is 27.3 Å². The highest BCUT2D eigenvalue weighted by molar-refractivity contribution is 9.10. The zero-order valence-corrected chi connectivity index (χ0v) is 13.3. The molecule has 0 saturated heterocycles. The van der Waals surface area contributed by atoms with E-state index >= 15 is 0 Å². The summed E-state index contributed by atoms with van der Waals surface area (Å²) in [7, 11) is 0. The Morgan fingerprint density at radius 1 is 1.24 bits per heavy atom. The highest BCUT2D eigenvalue weighted by Gasteiger charge is 2.22. The maximum Gasteiger partial charge on any atom is 0.331 e. The third-order valence-electron chi connectivity index (χ3n) is 2.75. The molecule has 0 fully saturated rings. The first kappa shape index (κ1) is 15.5. The molecule has 1 aromatic heterocycles. The lowest BCUT2D eigenvalue weighted by Crippen LogP contribution is -2.40. The number of carbonyl (C=O) groups is 2. The van der Waals surface area contributed by atoms with E-state index in [9.17, 15) is 14.7 Å². The summed E-state index contributed by atoms with van der Waals surface area (Å²) < 4.78 is 0.887. The minimum atomic E-state index is -1.09. The Morgan fingerprint density at radius 3 is 2.62 bits per heavy atom. The Morgan fingerprint density at radius 2 is 2.00 bits per heavy atom. The number of nitrogens with one attached hydrogen (secondary N) is 2. The standard InChI is InChI=1S/C14H13BrN2O3S/c15-10-5-2-1-4-9(10)8-16-14(20)17-12(13(18)19)11-6-3-7-21-11/h1-7,12H,8H2,(H,18,19)(H2,16,17,20). The van der Waals surface area contributed by atoms with E-state index in [1.807, 2.05) is 24.3 Å². The molecular formula is C14H13BrN2O3S. The zero-order valence-electron chi connectivity index (χ0n) is 10.9. The molecule has 110 valence electrons. The van der Waals surface area contributed by atoms with Crippen LogP contribution in [0.25, 0.3) is 0 Å².